The van der Waals surface area contributed by atoms with Gasteiger partial charge < -0.3 is 19.8 Å². The van der Waals surface area contributed by atoms with E-state index in [0.29, 0.717) is 13.0 Å². The quantitative estimate of drug-likeness (QED) is 0.0703. The molecule has 0 aliphatic rings. The van der Waals surface area contributed by atoms with Crippen LogP contribution in [0.4, 0.5) is 0 Å². The highest BCUT2D eigenvalue weighted by atomic mass is 16.5. The molecule has 2 N–H and O–H groups in total. The van der Waals surface area contributed by atoms with E-state index in [4.69, 9.17) is 4.74 Å². The van der Waals surface area contributed by atoms with Crippen molar-refractivity contribution in [3.05, 3.63) is 0 Å². The molecule has 0 aromatic heterocycles. The summed E-state index contributed by atoms with van der Waals surface area (Å²) in [6.45, 7) is 7.10. The van der Waals surface area contributed by atoms with E-state index in [-0.39, 0.29) is 19.1 Å². The first kappa shape index (κ1) is 37.4. The van der Waals surface area contributed by atoms with E-state index in [9.17, 15) is 15.0 Å². The van der Waals surface area contributed by atoms with Crippen molar-refractivity contribution in [1.82, 2.24) is 4.90 Å². The molecule has 2 atom stereocenters. The third kappa shape index (κ3) is 25.6. The summed E-state index contributed by atoms with van der Waals surface area (Å²) < 4.78 is 5.65. The monoisotopic (exact) mass is 542 g/mol. The predicted octanol–water partition coefficient (Wildman–Crippen LogP) is 8.93. The molecule has 0 saturated carbocycles. The van der Waals surface area contributed by atoms with Crippen molar-refractivity contribution in [3.8, 4) is 0 Å². The molecule has 38 heavy (non-hydrogen) atoms. The van der Waals surface area contributed by atoms with Crippen LogP contribution in [0.5, 0.6) is 0 Å². The third-order valence-electron chi connectivity index (χ3n) is 7.63. The molecule has 1 amide bonds. The fourth-order valence-electron chi connectivity index (χ4n) is 5.09. The molecule has 0 rings (SSSR count). The lowest BCUT2D eigenvalue weighted by molar-refractivity contribution is -0.143. The van der Waals surface area contributed by atoms with Gasteiger partial charge in [-0.3, -0.25) is 4.79 Å². The van der Waals surface area contributed by atoms with Crippen LogP contribution in [0.25, 0.3) is 0 Å². The molecule has 0 fully saturated rings. The van der Waals surface area contributed by atoms with Gasteiger partial charge in [0.05, 0.1) is 19.3 Å². The predicted molar refractivity (Wildman–Crippen MR) is 162 cm³/mol. The molecule has 0 heterocycles. The molecule has 0 aliphatic carbocycles. The highest BCUT2D eigenvalue weighted by Crippen LogP contribution is 2.14. The Morgan fingerprint density at radius 3 is 1.37 bits per heavy atom. The minimum absolute atomic E-state index is 0.0750. The van der Waals surface area contributed by atoms with Gasteiger partial charge >= 0.3 is 0 Å². The van der Waals surface area contributed by atoms with Crippen LogP contribution in [0.2, 0.25) is 0 Å². The normalized spacial score (nSPS) is 13.1. The zero-order valence-corrected chi connectivity index (χ0v) is 25.9. The van der Waals surface area contributed by atoms with Crippen molar-refractivity contribution in [1.29, 1.82) is 0 Å². The van der Waals surface area contributed by atoms with Crippen LogP contribution in [0.1, 0.15) is 175 Å². The van der Waals surface area contributed by atoms with Crippen molar-refractivity contribution in [3.63, 3.8) is 0 Å². The van der Waals surface area contributed by atoms with Gasteiger partial charge in [0.25, 0.3) is 0 Å². The third-order valence-corrected chi connectivity index (χ3v) is 7.63. The molecular formula is C33H67NO4. The van der Waals surface area contributed by atoms with Gasteiger partial charge in [-0.1, -0.05) is 149 Å². The van der Waals surface area contributed by atoms with E-state index >= 15 is 0 Å². The number of carbonyl (C=O) groups excluding carboxylic acids is 1. The number of carbonyl (C=O) groups is 1. The lowest BCUT2D eigenvalue weighted by atomic mass is 10.0. The fraction of sp³-hybridized carbons (Fsp3) is 0.970. The van der Waals surface area contributed by atoms with Crippen LogP contribution in [0, 0.1) is 0 Å². The SMILES string of the molecule is CCCCCCCCCCCCCCCCOCC(O)CN(C(=O)CCCCCCCCCCC)C(C)O. The van der Waals surface area contributed by atoms with Crippen LogP contribution < -0.4 is 0 Å². The molecule has 0 aromatic carbocycles. The van der Waals surface area contributed by atoms with E-state index in [1.807, 2.05) is 0 Å². The Morgan fingerprint density at radius 1 is 0.605 bits per heavy atom. The van der Waals surface area contributed by atoms with Gasteiger partial charge in [0, 0.05) is 13.0 Å². The Kier molecular flexibility index (Phi) is 28.8. The summed E-state index contributed by atoms with van der Waals surface area (Å²) in [5.74, 6) is -0.0750. The molecule has 0 radical (unpaired) electrons. The lowest BCUT2D eigenvalue weighted by Gasteiger charge is -2.28. The fourth-order valence-corrected chi connectivity index (χ4v) is 5.09. The zero-order chi connectivity index (χ0) is 28.1. The Balaban J connectivity index is 3.64. The topological polar surface area (TPSA) is 70.0 Å². The van der Waals surface area contributed by atoms with Crippen molar-refractivity contribution >= 4 is 5.91 Å². The van der Waals surface area contributed by atoms with E-state index < -0.39 is 12.3 Å². The van der Waals surface area contributed by atoms with Crippen molar-refractivity contribution < 1.29 is 19.7 Å². The minimum Gasteiger partial charge on any atom is -0.389 e. The highest BCUT2D eigenvalue weighted by Gasteiger charge is 2.21. The molecule has 0 aliphatic heterocycles. The number of hydrogen-bond acceptors (Lipinski definition) is 4. The molecule has 0 spiro atoms. The number of aliphatic hydroxyl groups is 2. The number of amides is 1. The van der Waals surface area contributed by atoms with E-state index in [2.05, 4.69) is 13.8 Å². The van der Waals surface area contributed by atoms with Gasteiger partial charge in [-0.05, 0) is 19.8 Å². The zero-order valence-electron chi connectivity index (χ0n) is 25.9. The van der Waals surface area contributed by atoms with Gasteiger partial charge in [-0.15, -0.1) is 0 Å². The maximum atomic E-state index is 12.6. The van der Waals surface area contributed by atoms with Crippen LogP contribution in [0.15, 0.2) is 0 Å². The number of hydrogen-bond donors (Lipinski definition) is 2. The van der Waals surface area contributed by atoms with Crippen LogP contribution >= 0.6 is 0 Å². The summed E-state index contributed by atoms with van der Waals surface area (Å²) in [4.78, 5) is 14.0. The number of ether oxygens (including phenoxy) is 1. The average molecular weight is 542 g/mol. The van der Waals surface area contributed by atoms with E-state index in [0.717, 1.165) is 19.3 Å². The number of rotatable bonds is 30. The Labute approximate surface area is 237 Å². The first-order chi connectivity index (χ1) is 18.5. The Hall–Kier alpha value is -0.650. The Morgan fingerprint density at radius 2 is 0.974 bits per heavy atom. The number of nitrogens with zero attached hydrogens (tertiary/aromatic N) is 1. The van der Waals surface area contributed by atoms with Crippen molar-refractivity contribution in [2.75, 3.05) is 19.8 Å². The average Bonchev–Trinajstić information content (AvgIpc) is 2.90. The van der Waals surface area contributed by atoms with Crippen LogP contribution in [-0.2, 0) is 9.53 Å². The number of unbranched alkanes of at least 4 members (excludes halogenated alkanes) is 21. The molecule has 0 aromatic rings. The summed E-state index contributed by atoms with van der Waals surface area (Å²) >= 11 is 0. The van der Waals surface area contributed by atoms with Crippen LogP contribution in [-0.4, -0.2) is 53.1 Å². The molecule has 0 bridgehead atoms. The van der Waals surface area contributed by atoms with Crippen LogP contribution in [0.3, 0.4) is 0 Å². The standard InChI is InChI=1S/C33H67NO4/c1-4-6-8-10-12-14-15-16-17-18-20-22-24-26-28-38-30-32(36)29-34(31(3)35)33(37)27-25-23-21-19-13-11-9-7-5-2/h31-32,35-36H,4-30H2,1-3H3. The minimum atomic E-state index is -0.887. The lowest BCUT2D eigenvalue weighted by Crippen LogP contribution is -2.44. The van der Waals surface area contributed by atoms with E-state index in [1.54, 1.807) is 6.92 Å². The van der Waals surface area contributed by atoms with Gasteiger partial charge in [0.1, 0.15) is 6.23 Å². The summed E-state index contributed by atoms with van der Waals surface area (Å²) in [7, 11) is 0. The largest absolute Gasteiger partial charge is 0.389 e. The molecule has 5 nitrogen and oxygen atoms in total. The van der Waals surface area contributed by atoms with Gasteiger partial charge in [0.15, 0.2) is 0 Å². The van der Waals surface area contributed by atoms with E-state index in [1.165, 1.54) is 133 Å². The van der Waals surface area contributed by atoms with Gasteiger partial charge in [0.2, 0.25) is 5.91 Å². The second-order valence-electron chi connectivity index (χ2n) is 11.6. The molecule has 5 heteroatoms. The maximum Gasteiger partial charge on any atom is 0.224 e. The molecule has 2 unspecified atom stereocenters. The van der Waals surface area contributed by atoms with Gasteiger partial charge in [-0.2, -0.15) is 0 Å². The Bertz CT molecular complexity index is 486. The summed E-state index contributed by atoms with van der Waals surface area (Å²) in [5.41, 5.74) is 0. The first-order valence-corrected chi connectivity index (χ1v) is 16.8. The van der Waals surface area contributed by atoms with Gasteiger partial charge in [-0.25, -0.2) is 0 Å². The second-order valence-corrected chi connectivity index (χ2v) is 11.6. The van der Waals surface area contributed by atoms with Crippen molar-refractivity contribution in [2.45, 2.75) is 187 Å². The number of aliphatic hydroxyl groups excluding tert-OH is 2. The highest BCUT2D eigenvalue weighted by molar-refractivity contribution is 5.76. The summed E-state index contributed by atoms with van der Waals surface area (Å²) in [6, 6.07) is 0. The smallest absolute Gasteiger partial charge is 0.224 e. The molecule has 0 saturated heterocycles. The summed E-state index contributed by atoms with van der Waals surface area (Å²) in [6.07, 6.45) is 28.3. The molecular weight excluding hydrogens is 474 g/mol. The maximum absolute atomic E-state index is 12.6. The van der Waals surface area contributed by atoms with Crippen molar-refractivity contribution in [2.24, 2.45) is 0 Å². The first-order valence-electron chi connectivity index (χ1n) is 16.8. The second kappa shape index (κ2) is 29.3. The molecule has 228 valence electrons. The summed E-state index contributed by atoms with van der Waals surface area (Å²) in [5, 5.41) is 20.4.